The van der Waals surface area contributed by atoms with Crippen molar-refractivity contribution >= 4 is 34.1 Å². The number of hydrogen-bond acceptors (Lipinski definition) is 7. The highest BCUT2D eigenvalue weighted by molar-refractivity contribution is 7.18. The predicted molar refractivity (Wildman–Crippen MR) is 98.6 cm³/mol. The van der Waals surface area contributed by atoms with Gasteiger partial charge in [0.15, 0.2) is 0 Å². The highest BCUT2D eigenvalue weighted by Gasteiger charge is 2.27. The number of nitrogens with one attached hydrogen (secondary N) is 1. The number of thiophene rings is 1. The normalized spacial score (nSPS) is 20.6. The molecule has 3 N–H and O–H groups in total. The van der Waals surface area contributed by atoms with Crippen molar-refractivity contribution in [3.63, 3.8) is 0 Å². The molecule has 1 fully saturated rings. The van der Waals surface area contributed by atoms with Crippen LogP contribution in [0.15, 0.2) is 0 Å². The van der Waals surface area contributed by atoms with Crippen LogP contribution in [0, 0.1) is 6.92 Å². The van der Waals surface area contributed by atoms with Gasteiger partial charge in [-0.2, -0.15) is 0 Å². The van der Waals surface area contributed by atoms with Crippen LogP contribution >= 0.6 is 11.3 Å². The Morgan fingerprint density at radius 1 is 1.31 bits per heavy atom. The number of amides is 2. The van der Waals surface area contributed by atoms with Crippen LogP contribution in [-0.2, 0) is 14.3 Å². The summed E-state index contributed by atoms with van der Waals surface area (Å²) < 4.78 is 10.7. The lowest BCUT2D eigenvalue weighted by atomic mass is 10.1. The molecule has 0 radical (unpaired) electrons. The summed E-state index contributed by atoms with van der Waals surface area (Å²) in [5.74, 6) is -1.50. The van der Waals surface area contributed by atoms with Crippen molar-refractivity contribution in [2.75, 3.05) is 31.6 Å². The zero-order chi connectivity index (χ0) is 19.4. The first-order valence-electron chi connectivity index (χ1n) is 8.50. The number of nitrogens with zero attached hydrogens (tertiary/aromatic N) is 1. The maximum atomic E-state index is 12.5. The number of ether oxygens (including phenoxy) is 2. The average molecular weight is 383 g/mol. The molecule has 0 spiro atoms. The molecular weight excluding hydrogens is 358 g/mol. The van der Waals surface area contributed by atoms with Gasteiger partial charge in [-0.05, 0) is 33.3 Å². The fourth-order valence-corrected chi connectivity index (χ4v) is 4.13. The highest BCUT2D eigenvalue weighted by Crippen LogP contribution is 2.33. The summed E-state index contributed by atoms with van der Waals surface area (Å²) in [6, 6.07) is 0. The number of anilines is 1. The van der Waals surface area contributed by atoms with E-state index in [1.165, 1.54) is 0 Å². The van der Waals surface area contributed by atoms with Crippen LogP contribution in [0.5, 0.6) is 0 Å². The van der Waals surface area contributed by atoms with Crippen molar-refractivity contribution in [3.8, 4) is 0 Å². The average Bonchev–Trinajstić information content (AvgIpc) is 2.82. The molecule has 1 aliphatic heterocycles. The maximum Gasteiger partial charge on any atom is 0.341 e. The van der Waals surface area contributed by atoms with E-state index in [9.17, 15) is 14.4 Å². The summed E-state index contributed by atoms with van der Waals surface area (Å²) in [6.07, 6.45) is 0.0965. The van der Waals surface area contributed by atoms with Crippen LogP contribution in [0.2, 0.25) is 0 Å². The number of nitrogens with two attached hydrogens (primary N) is 1. The van der Waals surface area contributed by atoms with Gasteiger partial charge in [0.1, 0.15) is 5.00 Å². The third kappa shape index (κ3) is 4.80. The molecule has 2 rings (SSSR count). The Bertz CT molecular complexity index is 693. The summed E-state index contributed by atoms with van der Waals surface area (Å²) in [5.41, 5.74) is 5.97. The molecular formula is C17H25N3O5S. The number of morpholine rings is 1. The molecule has 2 amide bonds. The van der Waals surface area contributed by atoms with Gasteiger partial charge in [-0.1, -0.05) is 0 Å². The molecule has 0 bridgehead atoms. The number of primary amides is 1. The molecule has 9 heteroatoms. The molecule has 8 nitrogen and oxygen atoms in total. The van der Waals surface area contributed by atoms with Crippen LogP contribution in [0.3, 0.4) is 0 Å². The molecule has 2 heterocycles. The molecule has 0 saturated carbocycles. The molecule has 1 saturated heterocycles. The van der Waals surface area contributed by atoms with Crippen molar-refractivity contribution in [2.24, 2.45) is 5.73 Å². The second kappa shape index (κ2) is 8.61. The fourth-order valence-electron chi connectivity index (χ4n) is 3.07. The Morgan fingerprint density at radius 3 is 2.46 bits per heavy atom. The second-order valence-corrected chi connectivity index (χ2v) is 7.37. The number of carbonyl (C=O) groups is 3. The summed E-state index contributed by atoms with van der Waals surface area (Å²) >= 11 is 0.989. The summed E-state index contributed by atoms with van der Waals surface area (Å²) in [6.45, 7) is 8.89. The summed E-state index contributed by atoms with van der Waals surface area (Å²) in [4.78, 5) is 38.5. The minimum atomic E-state index is -0.644. The van der Waals surface area contributed by atoms with Gasteiger partial charge in [0.05, 0.1) is 35.8 Å². The van der Waals surface area contributed by atoms with Crippen molar-refractivity contribution in [3.05, 3.63) is 16.0 Å². The van der Waals surface area contributed by atoms with Crippen LogP contribution in [0.25, 0.3) is 0 Å². The van der Waals surface area contributed by atoms with Crippen molar-refractivity contribution in [1.29, 1.82) is 0 Å². The summed E-state index contributed by atoms with van der Waals surface area (Å²) in [7, 11) is 0. The lowest BCUT2D eigenvalue weighted by Crippen LogP contribution is -2.48. The topological polar surface area (TPSA) is 111 Å². The van der Waals surface area contributed by atoms with Gasteiger partial charge < -0.3 is 20.5 Å². The lowest BCUT2D eigenvalue weighted by molar-refractivity contribution is -0.121. The van der Waals surface area contributed by atoms with E-state index in [0.717, 1.165) is 11.3 Å². The van der Waals surface area contributed by atoms with Crippen LogP contribution in [0.1, 0.15) is 46.4 Å². The van der Waals surface area contributed by atoms with Gasteiger partial charge in [0, 0.05) is 13.1 Å². The minimum Gasteiger partial charge on any atom is -0.462 e. The molecule has 1 aromatic heterocycles. The second-order valence-electron chi connectivity index (χ2n) is 6.34. The number of esters is 1. The van der Waals surface area contributed by atoms with E-state index in [1.807, 2.05) is 18.7 Å². The van der Waals surface area contributed by atoms with Crippen LogP contribution in [0.4, 0.5) is 5.00 Å². The summed E-state index contributed by atoms with van der Waals surface area (Å²) in [5, 5.41) is 3.02. The van der Waals surface area contributed by atoms with E-state index in [4.69, 9.17) is 15.2 Å². The molecule has 0 aliphatic carbocycles. The van der Waals surface area contributed by atoms with Gasteiger partial charge in [0.25, 0.3) is 5.91 Å². The first-order valence-corrected chi connectivity index (χ1v) is 9.32. The van der Waals surface area contributed by atoms with Gasteiger partial charge >= 0.3 is 5.97 Å². The quantitative estimate of drug-likeness (QED) is 0.718. The van der Waals surface area contributed by atoms with Gasteiger partial charge in [-0.15, -0.1) is 11.3 Å². The Balaban J connectivity index is 2.16. The lowest BCUT2D eigenvalue weighted by Gasteiger charge is -2.34. The standard InChI is InChI=1S/C17H25N3O5S/c1-5-24-17(23)13-11(4)14(15(18)22)26-16(13)19-12(21)8-20-6-9(2)25-10(3)7-20/h9-10H,5-8H2,1-4H3,(H2,18,22)(H,19,21). The smallest absolute Gasteiger partial charge is 0.341 e. The first kappa shape index (κ1) is 20.3. The zero-order valence-electron chi connectivity index (χ0n) is 15.5. The van der Waals surface area contributed by atoms with Gasteiger partial charge in [0.2, 0.25) is 5.91 Å². The molecule has 144 valence electrons. The van der Waals surface area contributed by atoms with E-state index in [2.05, 4.69) is 5.32 Å². The minimum absolute atomic E-state index is 0.0482. The number of hydrogen-bond donors (Lipinski definition) is 2. The van der Waals surface area contributed by atoms with Crippen molar-refractivity contribution in [1.82, 2.24) is 4.90 Å². The van der Waals surface area contributed by atoms with Crippen molar-refractivity contribution < 1.29 is 23.9 Å². The SMILES string of the molecule is CCOC(=O)c1c(NC(=O)CN2CC(C)OC(C)C2)sc(C(N)=O)c1C. The van der Waals surface area contributed by atoms with E-state index >= 15 is 0 Å². The molecule has 0 aromatic carbocycles. The zero-order valence-corrected chi connectivity index (χ0v) is 16.3. The molecule has 1 aliphatic rings. The largest absolute Gasteiger partial charge is 0.462 e. The van der Waals surface area contributed by atoms with Gasteiger partial charge in [-0.25, -0.2) is 4.79 Å². The Morgan fingerprint density at radius 2 is 1.92 bits per heavy atom. The molecule has 1 aromatic rings. The third-order valence-electron chi connectivity index (χ3n) is 3.97. The Hall–Kier alpha value is -1.97. The van der Waals surface area contributed by atoms with E-state index in [1.54, 1.807) is 13.8 Å². The monoisotopic (exact) mass is 383 g/mol. The van der Waals surface area contributed by atoms with E-state index in [-0.39, 0.29) is 46.7 Å². The molecule has 26 heavy (non-hydrogen) atoms. The van der Waals surface area contributed by atoms with Crippen molar-refractivity contribution in [2.45, 2.75) is 39.9 Å². The number of rotatable bonds is 6. The van der Waals surface area contributed by atoms with Crippen LogP contribution in [-0.4, -0.2) is 61.1 Å². The fraction of sp³-hybridized carbons (Fsp3) is 0.588. The predicted octanol–water partition coefficient (Wildman–Crippen LogP) is 1.38. The first-order chi connectivity index (χ1) is 12.2. The van der Waals surface area contributed by atoms with E-state index < -0.39 is 11.9 Å². The van der Waals surface area contributed by atoms with Gasteiger partial charge in [-0.3, -0.25) is 14.5 Å². The molecule has 2 atom stereocenters. The maximum absolute atomic E-state index is 12.5. The highest BCUT2D eigenvalue weighted by atomic mass is 32.1. The van der Waals surface area contributed by atoms with Crippen LogP contribution < -0.4 is 11.1 Å². The Kier molecular flexibility index (Phi) is 6.74. The molecule has 2 unspecified atom stereocenters. The van der Waals surface area contributed by atoms with E-state index in [0.29, 0.717) is 18.7 Å². The Labute approximate surface area is 156 Å². The number of carbonyl (C=O) groups excluding carboxylic acids is 3. The third-order valence-corrected chi connectivity index (χ3v) is 5.19.